The SMILES string of the molecule is O=C1/C(=C\c2ccco2)SC(=S)N1/N=C\c1cc([N+](=O)[O-])ccc1O. The van der Waals surface area contributed by atoms with E-state index in [1.807, 2.05) is 0 Å². The van der Waals surface area contributed by atoms with Crippen LogP contribution in [0.4, 0.5) is 5.69 Å². The molecule has 1 aliphatic heterocycles. The molecule has 1 N–H and O–H groups in total. The molecule has 2 aromatic rings. The predicted octanol–water partition coefficient (Wildman–Crippen LogP) is 3.13. The fraction of sp³-hybridized carbons (Fsp3) is 0. The first-order valence-electron chi connectivity index (χ1n) is 6.78. The molecule has 0 bridgehead atoms. The molecule has 0 atom stereocenters. The second-order valence-electron chi connectivity index (χ2n) is 4.75. The number of phenols is 1. The Kier molecular flexibility index (Phi) is 4.63. The number of thioether (sulfide) groups is 1. The summed E-state index contributed by atoms with van der Waals surface area (Å²) in [6, 6.07) is 6.88. The zero-order chi connectivity index (χ0) is 18.0. The number of amides is 1. The molecule has 0 aliphatic carbocycles. The van der Waals surface area contributed by atoms with Crippen molar-refractivity contribution in [3.05, 3.63) is 62.9 Å². The highest BCUT2D eigenvalue weighted by molar-refractivity contribution is 8.26. The van der Waals surface area contributed by atoms with Crippen LogP contribution in [-0.2, 0) is 4.79 Å². The molecule has 126 valence electrons. The molecular weight excluding hydrogens is 366 g/mol. The van der Waals surface area contributed by atoms with Crippen molar-refractivity contribution in [1.29, 1.82) is 0 Å². The number of phenolic OH excluding ortho intramolecular Hbond substituents is 1. The molecule has 10 heteroatoms. The maximum atomic E-state index is 12.3. The number of carbonyl (C=O) groups excluding carboxylic acids is 1. The van der Waals surface area contributed by atoms with Crippen LogP contribution in [0.1, 0.15) is 11.3 Å². The molecule has 0 spiro atoms. The number of rotatable bonds is 4. The number of benzene rings is 1. The summed E-state index contributed by atoms with van der Waals surface area (Å²) < 4.78 is 5.35. The van der Waals surface area contributed by atoms with Gasteiger partial charge in [-0.25, -0.2) is 0 Å². The van der Waals surface area contributed by atoms with Gasteiger partial charge in [0.1, 0.15) is 11.5 Å². The summed E-state index contributed by atoms with van der Waals surface area (Å²) in [5.41, 5.74) is -0.111. The molecule has 1 aliphatic rings. The van der Waals surface area contributed by atoms with E-state index >= 15 is 0 Å². The van der Waals surface area contributed by atoms with Gasteiger partial charge in [0.25, 0.3) is 11.6 Å². The number of non-ortho nitro benzene ring substituents is 1. The van der Waals surface area contributed by atoms with E-state index in [1.54, 1.807) is 18.2 Å². The van der Waals surface area contributed by atoms with Gasteiger partial charge in [0.05, 0.1) is 22.3 Å². The lowest BCUT2D eigenvalue weighted by molar-refractivity contribution is -0.384. The van der Waals surface area contributed by atoms with Crippen LogP contribution in [0.3, 0.4) is 0 Å². The Morgan fingerprint density at radius 2 is 2.20 bits per heavy atom. The fourth-order valence-electron chi connectivity index (χ4n) is 1.94. The van der Waals surface area contributed by atoms with Gasteiger partial charge in [-0.15, -0.1) is 0 Å². The third-order valence-electron chi connectivity index (χ3n) is 3.12. The summed E-state index contributed by atoms with van der Waals surface area (Å²) in [5, 5.41) is 25.5. The standard InChI is InChI=1S/C15H9N3O5S2/c19-12-4-3-10(18(21)22)6-9(12)8-16-17-14(20)13(25-15(17)24)7-11-2-1-5-23-11/h1-8,19H/b13-7+,16-8-. The zero-order valence-corrected chi connectivity index (χ0v) is 14.0. The minimum Gasteiger partial charge on any atom is -0.507 e. The maximum Gasteiger partial charge on any atom is 0.286 e. The Morgan fingerprint density at radius 3 is 2.88 bits per heavy atom. The first-order chi connectivity index (χ1) is 12.0. The van der Waals surface area contributed by atoms with Crippen LogP contribution < -0.4 is 0 Å². The minimum atomic E-state index is -0.595. The predicted molar refractivity (Wildman–Crippen MR) is 96.1 cm³/mol. The van der Waals surface area contributed by atoms with Gasteiger partial charge in [0.15, 0.2) is 4.32 Å². The molecule has 1 saturated heterocycles. The third-order valence-corrected chi connectivity index (χ3v) is 4.41. The second-order valence-corrected chi connectivity index (χ2v) is 6.43. The van der Waals surface area contributed by atoms with Gasteiger partial charge in [-0.3, -0.25) is 14.9 Å². The van der Waals surface area contributed by atoms with Crippen molar-refractivity contribution >= 4 is 52.2 Å². The van der Waals surface area contributed by atoms with Gasteiger partial charge in [0, 0.05) is 23.8 Å². The van der Waals surface area contributed by atoms with Crippen molar-refractivity contribution in [3.63, 3.8) is 0 Å². The number of furan rings is 1. The van der Waals surface area contributed by atoms with E-state index in [2.05, 4.69) is 5.10 Å². The number of nitro groups is 1. The molecule has 8 nitrogen and oxygen atoms in total. The summed E-state index contributed by atoms with van der Waals surface area (Å²) in [5.74, 6) is -0.153. The molecule has 25 heavy (non-hydrogen) atoms. The van der Waals surface area contributed by atoms with Crippen LogP contribution in [0.15, 0.2) is 51.0 Å². The molecular formula is C15H9N3O5S2. The lowest BCUT2D eigenvalue weighted by Crippen LogP contribution is -2.22. The summed E-state index contributed by atoms with van der Waals surface area (Å²) in [7, 11) is 0. The van der Waals surface area contributed by atoms with Crippen LogP contribution in [0.25, 0.3) is 6.08 Å². The van der Waals surface area contributed by atoms with Crippen molar-refractivity contribution in [2.75, 3.05) is 0 Å². The largest absolute Gasteiger partial charge is 0.507 e. The molecule has 3 rings (SSSR count). The number of thiocarbonyl (C=S) groups is 1. The molecule has 1 aromatic carbocycles. The summed E-state index contributed by atoms with van der Waals surface area (Å²) >= 11 is 6.17. The third kappa shape index (κ3) is 3.59. The topological polar surface area (TPSA) is 109 Å². The maximum absolute atomic E-state index is 12.3. The van der Waals surface area contributed by atoms with Crippen molar-refractivity contribution in [2.24, 2.45) is 5.10 Å². The monoisotopic (exact) mass is 375 g/mol. The number of hydrogen-bond acceptors (Lipinski definition) is 8. The summed E-state index contributed by atoms with van der Waals surface area (Å²) in [6.07, 6.45) is 4.17. The van der Waals surface area contributed by atoms with Crippen molar-refractivity contribution in [2.45, 2.75) is 0 Å². The Labute approximate surface area is 150 Å². The van der Waals surface area contributed by atoms with E-state index in [1.165, 1.54) is 18.4 Å². The smallest absolute Gasteiger partial charge is 0.286 e. The number of hydrogen-bond donors (Lipinski definition) is 1. The highest BCUT2D eigenvalue weighted by Crippen LogP contribution is 2.33. The van der Waals surface area contributed by atoms with Crippen molar-refractivity contribution in [1.82, 2.24) is 5.01 Å². The van der Waals surface area contributed by atoms with Gasteiger partial charge < -0.3 is 9.52 Å². The average Bonchev–Trinajstić information content (AvgIpc) is 3.16. The highest BCUT2D eigenvalue weighted by atomic mass is 32.2. The van der Waals surface area contributed by atoms with Gasteiger partial charge in [-0.05, 0) is 30.4 Å². The highest BCUT2D eigenvalue weighted by Gasteiger charge is 2.32. The fourth-order valence-corrected chi connectivity index (χ4v) is 3.09. The molecule has 1 aromatic heterocycles. The number of nitrogens with zero attached hydrogens (tertiary/aromatic N) is 3. The lowest BCUT2D eigenvalue weighted by Gasteiger charge is -2.06. The van der Waals surface area contributed by atoms with Gasteiger partial charge in [0.2, 0.25) is 0 Å². The quantitative estimate of drug-likeness (QED) is 0.287. The number of carbonyl (C=O) groups is 1. The Bertz CT molecular complexity index is 921. The van der Waals surface area contributed by atoms with E-state index in [0.29, 0.717) is 10.7 Å². The molecule has 0 radical (unpaired) electrons. The molecule has 2 heterocycles. The second kappa shape index (κ2) is 6.87. The molecule has 0 saturated carbocycles. The Balaban J connectivity index is 1.84. The molecule has 0 unspecified atom stereocenters. The van der Waals surface area contributed by atoms with E-state index in [0.717, 1.165) is 29.1 Å². The van der Waals surface area contributed by atoms with Crippen LogP contribution >= 0.6 is 24.0 Å². The zero-order valence-electron chi connectivity index (χ0n) is 12.4. The first-order valence-corrected chi connectivity index (χ1v) is 8.01. The van der Waals surface area contributed by atoms with E-state index in [4.69, 9.17) is 16.6 Å². The van der Waals surface area contributed by atoms with Crippen LogP contribution in [0.2, 0.25) is 0 Å². The van der Waals surface area contributed by atoms with Gasteiger partial charge in [-0.2, -0.15) is 10.1 Å². The average molecular weight is 375 g/mol. The molecule has 1 amide bonds. The van der Waals surface area contributed by atoms with E-state index in [9.17, 15) is 20.0 Å². The van der Waals surface area contributed by atoms with Gasteiger partial charge >= 0.3 is 0 Å². The van der Waals surface area contributed by atoms with Crippen LogP contribution in [0, 0.1) is 10.1 Å². The summed E-state index contributed by atoms with van der Waals surface area (Å²) in [4.78, 5) is 22.9. The normalized spacial score (nSPS) is 16.3. The van der Waals surface area contributed by atoms with E-state index < -0.39 is 10.8 Å². The number of nitro benzene ring substituents is 1. The van der Waals surface area contributed by atoms with Gasteiger partial charge in [-0.1, -0.05) is 11.8 Å². The Hall–Kier alpha value is -2.98. The van der Waals surface area contributed by atoms with Crippen LogP contribution in [0.5, 0.6) is 5.75 Å². The first kappa shape index (κ1) is 16.9. The molecule has 1 fully saturated rings. The number of aromatic hydroxyl groups is 1. The lowest BCUT2D eigenvalue weighted by atomic mass is 10.2. The Morgan fingerprint density at radius 1 is 1.40 bits per heavy atom. The van der Waals surface area contributed by atoms with Crippen molar-refractivity contribution in [3.8, 4) is 5.75 Å². The summed E-state index contributed by atoms with van der Waals surface area (Å²) in [6.45, 7) is 0. The van der Waals surface area contributed by atoms with E-state index in [-0.39, 0.29) is 21.3 Å². The van der Waals surface area contributed by atoms with Crippen molar-refractivity contribution < 1.29 is 19.2 Å². The number of hydrazone groups is 1. The van der Waals surface area contributed by atoms with Crippen LogP contribution in [-0.4, -0.2) is 31.5 Å². The minimum absolute atomic E-state index is 0.0956.